The number of piperazine rings is 1. The predicted octanol–water partition coefficient (Wildman–Crippen LogP) is 2.06. The molecule has 7 heteroatoms. The summed E-state index contributed by atoms with van der Waals surface area (Å²) in [5, 5.41) is 6.34. The molecule has 1 aromatic rings. The van der Waals surface area contributed by atoms with Crippen molar-refractivity contribution in [2.45, 2.75) is 33.4 Å². The first-order chi connectivity index (χ1) is 12.5. The van der Waals surface area contributed by atoms with Crippen LogP contribution >= 0.6 is 15.9 Å². The van der Waals surface area contributed by atoms with Gasteiger partial charge in [0.05, 0.1) is 13.1 Å². The number of benzene rings is 1. The largest absolute Gasteiger partial charge is 0.357 e. The Bertz CT molecular complexity index is 594. The van der Waals surface area contributed by atoms with Crippen molar-refractivity contribution in [3.05, 3.63) is 34.3 Å². The van der Waals surface area contributed by atoms with Crippen molar-refractivity contribution in [2.24, 2.45) is 4.99 Å². The zero-order valence-electron chi connectivity index (χ0n) is 16.0. The average molecular weight is 424 g/mol. The van der Waals surface area contributed by atoms with Crippen LogP contribution < -0.4 is 10.6 Å². The number of nitrogens with zero attached hydrogens (tertiary/aromatic N) is 3. The van der Waals surface area contributed by atoms with E-state index in [1.165, 1.54) is 5.56 Å². The molecule has 1 aliphatic rings. The lowest BCUT2D eigenvalue weighted by molar-refractivity contribution is -0.123. The Labute approximate surface area is 165 Å². The van der Waals surface area contributed by atoms with E-state index >= 15 is 0 Å². The van der Waals surface area contributed by atoms with Crippen LogP contribution in [0.2, 0.25) is 0 Å². The van der Waals surface area contributed by atoms with Gasteiger partial charge in [-0.25, -0.2) is 4.99 Å². The van der Waals surface area contributed by atoms with E-state index in [9.17, 15) is 4.79 Å². The summed E-state index contributed by atoms with van der Waals surface area (Å²) in [5.41, 5.74) is 1.19. The normalized spacial score (nSPS) is 16.0. The van der Waals surface area contributed by atoms with Crippen molar-refractivity contribution >= 4 is 27.8 Å². The molecule has 1 saturated heterocycles. The van der Waals surface area contributed by atoms with Crippen molar-refractivity contribution in [3.63, 3.8) is 0 Å². The van der Waals surface area contributed by atoms with Gasteiger partial charge < -0.3 is 15.5 Å². The number of hydrogen-bond acceptors (Lipinski definition) is 3. The van der Waals surface area contributed by atoms with Crippen LogP contribution in [0.3, 0.4) is 0 Å². The van der Waals surface area contributed by atoms with E-state index in [0.29, 0.717) is 13.1 Å². The van der Waals surface area contributed by atoms with Gasteiger partial charge >= 0.3 is 0 Å². The summed E-state index contributed by atoms with van der Waals surface area (Å²) < 4.78 is 1.08. The molecule has 0 atom stereocenters. The van der Waals surface area contributed by atoms with Crippen LogP contribution in [0.5, 0.6) is 0 Å². The van der Waals surface area contributed by atoms with E-state index in [-0.39, 0.29) is 11.9 Å². The molecule has 0 saturated carbocycles. The van der Waals surface area contributed by atoms with Gasteiger partial charge in [-0.3, -0.25) is 9.69 Å². The van der Waals surface area contributed by atoms with Crippen molar-refractivity contribution in [2.75, 3.05) is 39.3 Å². The Morgan fingerprint density at radius 1 is 1.19 bits per heavy atom. The van der Waals surface area contributed by atoms with Crippen LogP contribution in [0, 0.1) is 0 Å². The monoisotopic (exact) mass is 423 g/mol. The highest BCUT2D eigenvalue weighted by Crippen LogP contribution is 2.11. The van der Waals surface area contributed by atoms with E-state index < -0.39 is 0 Å². The number of rotatable bonds is 6. The summed E-state index contributed by atoms with van der Waals surface area (Å²) in [4.78, 5) is 21.2. The molecule has 2 rings (SSSR count). The Hall–Kier alpha value is -1.60. The summed E-state index contributed by atoms with van der Waals surface area (Å²) in [6.07, 6.45) is 0. The molecule has 0 aliphatic carbocycles. The van der Waals surface area contributed by atoms with Crippen LogP contribution in [0.4, 0.5) is 0 Å². The fourth-order valence-electron chi connectivity index (χ4n) is 2.87. The van der Waals surface area contributed by atoms with Crippen molar-refractivity contribution in [3.8, 4) is 0 Å². The van der Waals surface area contributed by atoms with Crippen molar-refractivity contribution in [1.29, 1.82) is 0 Å². The van der Waals surface area contributed by atoms with Crippen LogP contribution in [0.15, 0.2) is 33.7 Å². The standard InChI is InChI=1S/C19H30BrN5O/c1-4-21-19(22-13-16-5-7-17(20)8-6-16)25-11-9-24(10-12-25)14-18(26)23-15(2)3/h5-8,15H,4,9-14H2,1-3H3,(H,21,22)(H,23,26). The van der Waals surface area contributed by atoms with E-state index in [1.54, 1.807) is 0 Å². The fourth-order valence-corrected chi connectivity index (χ4v) is 3.13. The topological polar surface area (TPSA) is 60.0 Å². The number of amides is 1. The lowest BCUT2D eigenvalue weighted by Crippen LogP contribution is -2.54. The summed E-state index contributed by atoms with van der Waals surface area (Å²) in [6.45, 7) is 11.5. The van der Waals surface area contributed by atoms with Crippen LogP contribution in [-0.2, 0) is 11.3 Å². The second-order valence-corrected chi connectivity index (χ2v) is 7.70. The van der Waals surface area contributed by atoms with Crippen LogP contribution in [-0.4, -0.2) is 67.0 Å². The lowest BCUT2D eigenvalue weighted by Gasteiger charge is -2.36. The van der Waals surface area contributed by atoms with Crippen LogP contribution in [0.1, 0.15) is 26.3 Å². The lowest BCUT2D eigenvalue weighted by atomic mass is 10.2. The Morgan fingerprint density at radius 3 is 2.42 bits per heavy atom. The van der Waals surface area contributed by atoms with E-state index in [2.05, 4.69) is 55.4 Å². The third-order valence-corrected chi connectivity index (χ3v) is 4.68. The molecule has 1 amide bonds. The van der Waals surface area contributed by atoms with Crippen LogP contribution in [0.25, 0.3) is 0 Å². The summed E-state index contributed by atoms with van der Waals surface area (Å²) in [6, 6.07) is 8.44. The molecule has 1 aromatic carbocycles. The van der Waals surface area contributed by atoms with Gasteiger partial charge in [-0.15, -0.1) is 0 Å². The molecule has 0 radical (unpaired) electrons. The zero-order valence-corrected chi connectivity index (χ0v) is 17.6. The maximum Gasteiger partial charge on any atom is 0.234 e. The van der Waals surface area contributed by atoms with Gasteiger partial charge in [0.25, 0.3) is 0 Å². The van der Waals surface area contributed by atoms with Gasteiger partial charge in [0.15, 0.2) is 5.96 Å². The number of guanidine groups is 1. The SMILES string of the molecule is CCNC(=NCc1ccc(Br)cc1)N1CCN(CC(=O)NC(C)C)CC1. The summed E-state index contributed by atoms with van der Waals surface area (Å²) in [5.74, 6) is 1.05. The summed E-state index contributed by atoms with van der Waals surface area (Å²) in [7, 11) is 0. The zero-order chi connectivity index (χ0) is 18.9. The van der Waals surface area contributed by atoms with Gasteiger partial charge in [-0.2, -0.15) is 0 Å². The minimum Gasteiger partial charge on any atom is -0.357 e. The van der Waals surface area contributed by atoms with Gasteiger partial charge in [-0.1, -0.05) is 28.1 Å². The van der Waals surface area contributed by atoms with Gasteiger partial charge in [0.2, 0.25) is 5.91 Å². The first kappa shape index (κ1) is 20.7. The second kappa shape index (κ2) is 10.5. The molecule has 0 bridgehead atoms. The van der Waals surface area contributed by atoms with Crippen molar-refractivity contribution in [1.82, 2.24) is 20.4 Å². The second-order valence-electron chi connectivity index (χ2n) is 6.78. The Kier molecular flexibility index (Phi) is 8.38. The molecule has 144 valence electrons. The Balaban J connectivity index is 1.87. The highest BCUT2D eigenvalue weighted by Gasteiger charge is 2.21. The van der Waals surface area contributed by atoms with E-state index in [1.807, 2.05) is 26.0 Å². The van der Waals surface area contributed by atoms with Gasteiger partial charge in [0.1, 0.15) is 0 Å². The third-order valence-electron chi connectivity index (χ3n) is 4.15. The number of nitrogens with one attached hydrogen (secondary N) is 2. The average Bonchev–Trinajstić information content (AvgIpc) is 2.60. The minimum atomic E-state index is 0.101. The molecule has 1 fully saturated rings. The number of carbonyl (C=O) groups excluding carboxylic acids is 1. The third kappa shape index (κ3) is 6.96. The molecule has 26 heavy (non-hydrogen) atoms. The summed E-state index contributed by atoms with van der Waals surface area (Å²) >= 11 is 3.46. The molecular formula is C19H30BrN5O. The smallest absolute Gasteiger partial charge is 0.234 e. The highest BCUT2D eigenvalue weighted by atomic mass is 79.9. The molecule has 0 spiro atoms. The quantitative estimate of drug-likeness (QED) is 0.542. The Morgan fingerprint density at radius 2 is 1.85 bits per heavy atom. The number of halogens is 1. The minimum absolute atomic E-state index is 0.101. The molecular weight excluding hydrogens is 394 g/mol. The van der Waals surface area contributed by atoms with E-state index in [0.717, 1.165) is 43.2 Å². The fraction of sp³-hybridized carbons (Fsp3) is 0.579. The van der Waals surface area contributed by atoms with Gasteiger partial charge in [0, 0.05) is 43.2 Å². The molecule has 2 N–H and O–H groups in total. The maximum absolute atomic E-state index is 11.9. The van der Waals surface area contributed by atoms with Gasteiger partial charge in [-0.05, 0) is 38.5 Å². The van der Waals surface area contributed by atoms with Crippen molar-refractivity contribution < 1.29 is 4.79 Å². The predicted molar refractivity (Wildman–Crippen MR) is 110 cm³/mol. The number of hydrogen-bond donors (Lipinski definition) is 2. The highest BCUT2D eigenvalue weighted by molar-refractivity contribution is 9.10. The first-order valence-corrected chi connectivity index (χ1v) is 10.1. The molecule has 6 nitrogen and oxygen atoms in total. The first-order valence-electron chi connectivity index (χ1n) is 9.27. The molecule has 0 unspecified atom stereocenters. The molecule has 0 aromatic heterocycles. The molecule has 1 aliphatic heterocycles. The number of aliphatic imine (C=N–C) groups is 1. The van der Waals surface area contributed by atoms with E-state index in [4.69, 9.17) is 4.99 Å². The number of carbonyl (C=O) groups is 1. The molecule has 1 heterocycles. The maximum atomic E-state index is 11.9.